The minimum Gasteiger partial charge on any atom is -0.478 e. The number of carboxylic acids is 1. The van der Waals surface area contributed by atoms with Gasteiger partial charge in [0.2, 0.25) is 5.91 Å². The largest absolute Gasteiger partial charge is 0.478 e. The molecule has 0 radical (unpaired) electrons. The summed E-state index contributed by atoms with van der Waals surface area (Å²) in [6.45, 7) is 3.52. The Kier molecular flexibility index (Phi) is 5.17. The third kappa shape index (κ3) is 3.88. The molecule has 1 aromatic carbocycles. The number of amides is 1. The standard InChI is InChI=1S/C12H14FN3O5/c1-3-14-11(17)6(2)15-9-4-7(12(18)19)8(13)5-10(9)16(20)21/h4-6,15H,3H2,1-2H3,(H,14,17)(H,18,19). The van der Waals surface area contributed by atoms with Crippen LogP contribution in [0.15, 0.2) is 12.1 Å². The van der Waals surface area contributed by atoms with Crippen molar-refractivity contribution in [1.29, 1.82) is 0 Å². The number of anilines is 1. The fraction of sp³-hybridized carbons (Fsp3) is 0.333. The summed E-state index contributed by atoms with van der Waals surface area (Å²) in [5.74, 6) is -3.20. The highest BCUT2D eigenvalue weighted by Crippen LogP contribution is 2.28. The molecule has 0 heterocycles. The molecule has 9 heteroatoms. The molecule has 0 aliphatic carbocycles. The zero-order valence-corrected chi connectivity index (χ0v) is 11.3. The predicted molar refractivity (Wildman–Crippen MR) is 71.8 cm³/mol. The van der Waals surface area contributed by atoms with E-state index in [1.807, 2.05) is 0 Å². The lowest BCUT2D eigenvalue weighted by Gasteiger charge is -2.15. The Labute approximate surface area is 119 Å². The number of halogens is 1. The lowest BCUT2D eigenvalue weighted by atomic mass is 10.1. The molecule has 0 fully saturated rings. The predicted octanol–water partition coefficient (Wildman–Crippen LogP) is 1.37. The number of hydrogen-bond acceptors (Lipinski definition) is 5. The van der Waals surface area contributed by atoms with E-state index in [0.29, 0.717) is 12.6 Å². The summed E-state index contributed by atoms with van der Waals surface area (Å²) in [4.78, 5) is 32.5. The zero-order chi connectivity index (χ0) is 16.2. The smallest absolute Gasteiger partial charge is 0.338 e. The SMILES string of the molecule is CCNC(=O)C(C)Nc1cc(C(=O)O)c(F)cc1[N+](=O)[O-]. The molecule has 1 aromatic rings. The highest BCUT2D eigenvalue weighted by molar-refractivity contribution is 5.91. The van der Waals surface area contributed by atoms with Gasteiger partial charge in [0, 0.05) is 6.54 Å². The molecule has 1 rings (SSSR count). The topological polar surface area (TPSA) is 122 Å². The number of nitro benzene ring substituents is 1. The number of hydrogen-bond donors (Lipinski definition) is 3. The van der Waals surface area contributed by atoms with Crippen LogP contribution in [0.25, 0.3) is 0 Å². The Balaban J connectivity index is 3.20. The van der Waals surface area contributed by atoms with Crippen molar-refractivity contribution in [1.82, 2.24) is 5.32 Å². The van der Waals surface area contributed by atoms with E-state index in [9.17, 15) is 24.1 Å². The van der Waals surface area contributed by atoms with Crippen molar-refractivity contribution in [2.45, 2.75) is 19.9 Å². The van der Waals surface area contributed by atoms with Gasteiger partial charge < -0.3 is 15.7 Å². The molecule has 0 aliphatic heterocycles. The van der Waals surface area contributed by atoms with Crippen molar-refractivity contribution in [2.24, 2.45) is 0 Å². The van der Waals surface area contributed by atoms with Crippen LogP contribution in [0.5, 0.6) is 0 Å². The molecule has 0 spiro atoms. The molecule has 0 saturated heterocycles. The number of rotatable bonds is 6. The van der Waals surface area contributed by atoms with Gasteiger partial charge in [0.25, 0.3) is 5.69 Å². The molecule has 8 nitrogen and oxygen atoms in total. The minimum atomic E-state index is -1.56. The molecule has 0 saturated carbocycles. The van der Waals surface area contributed by atoms with E-state index in [-0.39, 0.29) is 5.69 Å². The molecule has 21 heavy (non-hydrogen) atoms. The van der Waals surface area contributed by atoms with Crippen molar-refractivity contribution in [3.8, 4) is 0 Å². The van der Waals surface area contributed by atoms with E-state index in [0.717, 1.165) is 6.07 Å². The fourth-order valence-electron chi connectivity index (χ4n) is 1.62. The first kappa shape index (κ1) is 16.3. The van der Waals surface area contributed by atoms with Crippen LogP contribution in [-0.4, -0.2) is 34.5 Å². The van der Waals surface area contributed by atoms with Crippen LogP contribution in [0.2, 0.25) is 0 Å². The summed E-state index contributed by atoms with van der Waals surface area (Å²) in [5.41, 5.74) is -1.60. The van der Waals surface area contributed by atoms with Gasteiger partial charge in [0.05, 0.1) is 16.6 Å². The first-order valence-electron chi connectivity index (χ1n) is 6.03. The summed E-state index contributed by atoms with van der Waals surface area (Å²) in [7, 11) is 0. The number of nitrogens with one attached hydrogen (secondary N) is 2. The monoisotopic (exact) mass is 299 g/mol. The second-order valence-corrected chi connectivity index (χ2v) is 4.17. The average molecular weight is 299 g/mol. The fourth-order valence-corrected chi connectivity index (χ4v) is 1.62. The number of carboxylic acid groups (broad SMARTS) is 1. The summed E-state index contributed by atoms with van der Waals surface area (Å²) in [6.07, 6.45) is 0. The second kappa shape index (κ2) is 6.64. The Bertz CT molecular complexity index is 591. The first-order valence-corrected chi connectivity index (χ1v) is 6.03. The van der Waals surface area contributed by atoms with Crippen LogP contribution in [-0.2, 0) is 4.79 Å². The van der Waals surface area contributed by atoms with Crippen LogP contribution < -0.4 is 10.6 Å². The second-order valence-electron chi connectivity index (χ2n) is 4.17. The van der Waals surface area contributed by atoms with Crippen LogP contribution in [0.3, 0.4) is 0 Å². The lowest BCUT2D eigenvalue weighted by molar-refractivity contribution is -0.384. The maximum atomic E-state index is 13.5. The van der Waals surface area contributed by atoms with E-state index in [1.54, 1.807) is 6.92 Å². The van der Waals surface area contributed by atoms with Crippen LogP contribution in [0.4, 0.5) is 15.8 Å². The first-order chi connectivity index (χ1) is 9.77. The van der Waals surface area contributed by atoms with Gasteiger partial charge in [-0.2, -0.15) is 0 Å². The summed E-state index contributed by atoms with van der Waals surface area (Å²) < 4.78 is 13.5. The number of carbonyl (C=O) groups is 2. The molecule has 0 aliphatic rings. The Morgan fingerprint density at radius 3 is 2.57 bits per heavy atom. The van der Waals surface area contributed by atoms with Gasteiger partial charge in [-0.3, -0.25) is 14.9 Å². The molecule has 114 valence electrons. The van der Waals surface area contributed by atoms with Crippen molar-refractivity contribution in [2.75, 3.05) is 11.9 Å². The number of aromatic carboxylic acids is 1. The molecule has 0 bridgehead atoms. The van der Waals surface area contributed by atoms with Gasteiger partial charge in [-0.1, -0.05) is 0 Å². The Hall–Kier alpha value is -2.71. The number of likely N-dealkylation sites (N-methyl/N-ethyl adjacent to an activating group) is 1. The van der Waals surface area contributed by atoms with E-state index >= 15 is 0 Å². The van der Waals surface area contributed by atoms with Crippen molar-refractivity contribution in [3.63, 3.8) is 0 Å². The van der Waals surface area contributed by atoms with Gasteiger partial charge in [0.15, 0.2) is 0 Å². The molecular formula is C12H14FN3O5. The van der Waals surface area contributed by atoms with Crippen molar-refractivity contribution in [3.05, 3.63) is 33.6 Å². The van der Waals surface area contributed by atoms with Crippen molar-refractivity contribution < 1.29 is 24.0 Å². The van der Waals surface area contributed by atoms with Gasteiger partial charge >= 0.3 is 5.97 Å². The zero-order valence-electron chi connectivity index (χ0n) is 11.3. The lowest BCUT2D eigenvalue weighted by Crippen LogP contribution is -2.37. The number of carbonyl (C=O) groups excluding carboxylic acids is 1. The summed E-state index contributed by atoms with van der Waals surface area (Å²) in [6, 6.07) is 0.456. The van der Waals surface area contributed by atoms with Crippen LogP contribution in [0.1, 0.15) is 24.2 Å². The number of nitrogens with zero attached hydrogens (tertiary/aromatic N) is 1. The molecular weight excluding hydrogens is 285 g/mol. The molecule has 3 N–H and O–H groups in total. The summed E-state index contributed by atoms with van der Waals surface area (Å²) >= 11 is 0. The highest BCUT2D eigenvalue weighted by Gasteiger charge is 2.24. The van der Waals surface area contributed by atoms with E-state index in [1.165, 1.54) is 6.92 Å². The van der Waals surface area contributed by atoms with E-state index in [4.69, 9.17) is 5.11 Å². The normalized spacial score (nSPS) is 11.6. The third-order valence-electron chi connectivity index (χ3n) is 2.63. The van der Waals surface area contributed by atoms with Crippen molar-refractivity contribution >= 4 is 23.3 Å². The van der Waals surface area contributed by atoms with Gasteiger partial charge in [0.1, 0.15) is 17.5 Å². The number of benzene rings is 1. The van der Waals surface area contributed by atoms with E-state index < -0.39 is 39.9 Å². The number of nitro groups is 1. The maximum absolute atomic E-state index is 13.5. The third-order valence-corrected chi connectivity index (χ3v) is 2.63. The Morgan fingerprint density at radius 2 is 2.10 bits per heavy atom. The molecule has 1 atom stereocenters. The van der Waals surface area contributed by atoms with Gasteiger partial charge in [-0.05, 0) is 19.9 Å². The minimum absolute atomic E-state index is 0.238. The van der Waals surface area contributed by atoms with E-state index in [2.05, 4.69) is 10.6 Å². The molecule has 0 aromatic heterocycles. The van der Waals surface area contributed by atoms with Crippen LogP contribution in [0, 0.1) is 15.9 Å². The van der Waals surface area contributed by atoms with Gasteiger partial charge in [-0.25, -0.2) is 9.18 Å². The average Bonchev–Trinajstić information content (AvgIpc) is 2.39. The Morgan fingerprint density at radius 1 is 1.48 bits per heavy atom. The maximum Gasteiger partial charge on any atom is 0.338 e. The molecule has 1 amide bonds. The van der Waals surface area contributed by atoms with Crippen LogP contribution >= 0.6 is 0 Å². The molecule has 1 unspecified atom stereocenters. The quantitative estimate of drug-likeness (QED) is 0.538. The summed E-state index contributed by atoms with van der Waals surface area (Å²) in [5, 5.41) is 24.7. The van der Waals surface area contributed by atoms with Gasteiger partial charge in [-0.15, -0.1) is 0 Å². The highest BCUT2D eigenvalue weighted by atomic mass is 19.1.